The second-order valence-corrected chi connectivity index (χ2v) is 5.82. The summed E-state index contributed by atoms with van der Waals surface area (Å²) >= 11 is 0. The number of benzene rings is 2. The predicted octanol–water partition coefficient (Wildman–Crippen LogP) is 4.04. The van der Waals surface area contributed by atoms with Gasteiger partial charge in [0.2, 0.25) is 0 Å². The van der Waals surface area contributed by atoms with Crippen molar-refractivity contribution in [2.45, 2.75) is 25.4 Å². The predicted molar refractivity (Wildman–Crippen MR) is 86.5 cm³/mol. The minimum Gasteiger partial charge on any atom is -0.497 e. The fraction of sp³-hybridized carbons (Fsp3) is 0.316. The standard InChI is InChI=1S/C19H19FN2O/c1-23-17-5-2-4-15(11-17)19-6-3-9-22(19)13-16-10-14(12-21)7-8-18(16)20/h2,4-5,7-8,10-11,19H,3,6,9,13H2,1H3. The summed E-state index contributed by atoms with van der Waals surface area (Å²) in [6.45, 7) is 1.45. The molecule has 1 aliphatic heterocycles. The van der Waals surface area contributed by atoms with Crippen molar-refractivity contribution in [2.75, 3.05) is 13.7 Å². The first-order valence-corrected chi connectivity index (χ1v) is 7.78. The second-order valence-electron chi connectivity index (χ2n) is 5.82. The average Bonchev–Trinajstić information content (AvgIpc) is 3.05. The highest BCUT2D eigenvalue weighted by molar-refractivity contribution is 5.34. The molecule has 3 rings (SSSR count). The van der Waals surface area contributed by atoms with Gasteiger partial charge < -0.3 is 4.74 Å². The number of ether oxygens (including phenoxy) is 1. The van der Waals surface area contributed by atoms with Gasteiger partial charge in [0.1, 0.15) is 11.6 Å². The van der Waals surface area contributed by atoms with Crippen LogP contribution in [0.15, 0.2) is 42.5 Å². The van der Waals surface area contributed by atoms with E-state index in [2.05, 4.69) is 17.0 Å². The van der Waals surface area contributed by atoms with Crippen LogP contribution < -0.4 is 4.74 Å². The monoisotopic (exact) mass is 310 g/mol. The van der Waals surface area contributed by atoms with Crippen LogP contribution in [0.1, 0.15) is 35.6 Å². The van der Waals surface area contributed by atoms with Crippen molar-refractivity contribution >= 4 is 0 Å². The van der Waals surface area contributed by atoms with Crippen molar-refractivity contribution in [1.29, 1.82) is 5.26 Å². The summed E-state index contributed by atoms with van der Waals surface area (Å²) in [6, 6.07) is 14.9. The van der Waals surface area contributed by atoms with Crippen molar-refractivity contribution < 1.29 is 9.13 Å². The van der Waals surface area contributed by atoms with E-state index in [1.165, 1.54) is 17.7 Å². The molecule has 1 aliphatic rings. The Kier molecular flexibility index (Phi) is 4.59. The normalized spacial score (nSPS) is 17.9. The molecule has 1 heterocycles. The fourth-order valence-electron chi connectivity index (χ4n) is 3.23. The summed E-state index contributed by atoms with van der Waals surface area (Å²) in [5.74, 6) is 0.590. The van der Waals surface area contributed by atoms with Crippen LogP contribution in [0.2, 0.25) is 0 Å². The average molecular weight is 310 g/mol. The van der Waals surface area contributed by atoms with E-state index >= 15 is 0 Å². The number of nitrogens with zero attached hydrogens (tertiary/aromatic N) is 2. The number of rotatable bonds is 4. The molecular weight excluding hydrogens is 291 g/mol. The van der Waals surface area contributed by atoms with Crippen molar-refractivity contribution in [3.8, 4) is 11.8 Å². The van der Waals surface area contributed by atoms with Gasteiger partial charge in [-0.25, -0.2) is 4.39 Å². The van der Waals surface area contributed by atoms with Crippen molar-refractivity contribution in [3.63, 3.8) is 0 Å². The summed E-state index contributed by atoms with van der Waals surface area (Å²) < 4.78 is 19.4. The van der Waals surface area contributed by atoms with E-state index in [1.807, 2.05) is 18.2 Å². The van der Waals surface area contributed by atoms with Crippen molar-refractivity contribution in [3.05, 3.63) is 65.0 Å². The van der Waals surface area contributed by atoms with Gasteiger partial charge in [0.05, 0.1) is 18.7 Å². The number of likely N-dealkylation sites (tertiary alicyclic amines) is 1. The Morgan fingerprint density at radius 3 is 2.96 bits per heavy atom. The highest BCUT2D eigenvalue weighted by Gasteiger charge is 2.27. The summed E-state index contributed by atoms with van der Waals surface area (Å²) in [5.41, 5.74) is 2.27. The van der Waals surface area contributed by atoms with E-state index in [9.17, 15) is 4.39 Å². The van der Waals surface area contributed by atoms with Gasteiger partial charge in [-0.15, -0.1) is 0 Å². The molecular formula is C19H19FN2O. The smallest absolute Gasteiger partial charge is 0.127 e. The summed E-state index contributed by atoms with van der Waals surface area (Å²) in [6.07, 6.45) is 2.13. The van der Waals surface area contributed by atoms with Crippen LogP contribution in [-0.4, -0.2) is 18.6 Å². The molecule has 2 aromatic carbocycles. The number of hydrogen-bond donors (Lipinski definition) is 0. The Balaban J connectivity index is 1.83. The number of halogens is 1. The highest BCUT2D eigenvalue weighted by atomic mass is 19.1. The second kappa shape index (κ2) is 6.80. The molecule has 1 fully saturated rings. The fourth-order valence-corrected chi connectivity index (χ4v) is 3.23. The largest absolute Gasteiger partial charge is 0.497 e. The molecule has 0 radical (unpaired) electrons. The van der Waals surface area contributed by atoms with E-state index in [0.717, 1.165) is 25.1 Å². The van der Waals surface area contributed by atoms with Crippen LogP contribution in [0.5, 0.6) is 5.75 Å². The van der Waals surface area contributed by atoms with Crippen molar-refractivity contribution in [2.24, 2.45) is 0 Å². The minimum absolute atomic E-state index is 0.250. The van der Waals surface area contributed by atoms with Gasteiger partial charge in [0.25, 0.3) is 0 Å². The molecule has 0 aliphatic carbocycles. The van der Waals surface area contributed by atoms with Crippen LogP contribution in [-0.2, 0) is 6.54 Å². The first-order valence-electron chi connectivity index (χ1n) is 7.78. The Hall–Kier alpha value is -2.38. The Bertz CT molecular complexity index is 738. The van der Waals surface area contributed by atoms with E-state index < -0.39 is 0 Å². The van der Waals surface area contributed by atoms with E-state index in [4.69, 9.17) is 10.00 Å². The van der Waals surface area contributed by atoms with Crippen LogP contribution in [0.3, 0.4) is 0 Å². The molecule has 1 atom stereocenters. The molecule has 23 heavy (non-hydrogen) atoms. The van der Waals surface area contributed by atoms with E-state index in [1.54, 1.807) is 13.2 Å². The topological polar surface area (TPSA) is 36.3 Å². The molecule has 2 aromatic rings. The lowest BCUT2D eigenvalue weighted by Gasteiger charge is -2.25. The van der Waals surface area contributed by atoms with E-state index in [-0.39, 0.29) is 11.9 Å². The molecule has 118 valence electrons. The van der Waals surface area contributed by atoms with Gasteiger partial charge in [-0.1, -0.05) is 12.1 Å². The molecule has 0 saturated carbocycles. The van der Waals surface area contributed by atoms with Crippen LogP contribution in [0.25, 0.3) is 0 Å². The Labute approximate surface area is 135 Å². The Morgan fingerprint density at radius 1 is 1.30 bits per heavy atom. The zero-order chi connectivity index (χ0) is 16.2. The SMILES string of the molecule is COc1cccc(C2CCCN2Cc2cc(C#N)ccc2F)c1. The molecule has 1 unspecified atom stereocenters. The molecule has 1 saturated heterocycles. The third-order valence-electron chi connectivity index (χ3n) is 4.39. The van der Waals surface area contributed by atoms with Crippen LogP contribution >= 0.6 is 0 Å². The molecule has 0 bridgehead atoms. The lowest BCUT2D eigenvalue weighted by atomic mass is 10.0. The number of hydrogen-bond acceptors (Lipinski definition) is 3. The summed E-state index contributed by atoms with van der Waals surface area (Å²) in [5, 5.41) is 9.00. The Morgan fingerprint density at radius 2 is 2.17 bits per heavy atom. The summed E-state index contributed by atoms with van der Waals surface area (Å²) in [4.78, 5) is 2.27. The molecule has 4 heteroatoms. The third-order valence-corrected chi connectivity index (χ3v) is 4.39. The zero-order valence-electron chi connectivity index (χ0n) is 13.1. The van der Waals surface area contributed by atoms with E-state index in [0.29, 0.717) is 17.7 Å². The quantitative estimate of drug-likeness (QED) is 0.855. The third kappa shape index (κ3) is 3.35. The minimum atomic E-state index is -0.250. The van der Waals surface area contributed by atoms with Crippen LogP contribution in [0.4, 0.5) is 4.39 Å². The maximum atomic E-state index is 14.1. The molecule has 0 N–H and O–H groups in total. The van der Waals surface area contributed by atoms with Crippen LogP contribution in [0, 0.1) is 17.1 Å². The van der Waals surface area contributed by atoms with Gasteiger partial charge in [-0.3, -0.25) is 4.90 Å². The first-order chi connectivity index (χ1) is 11.2. The maximum absolute atomic E-state index is 14.1. The molecule has 0 spiro atoms. The van der Waals surface area contributed by atoms with Gasteiger partial charge in [0.15, 0.2) is 0 Å². The molecule has 0 amide bonds. The zero-order valence-corrected chi connectivity index (χ0v) is 13.1. The molecule has 3 nitrogen and oxygen atoms in total. The van der Waals surface area contributed by atoms with Gasteiger partial charge in [-0.2, -0.15) is 5.26 Å². The molecule has 0 aromatic heterocycles. The summed E-state index contributed by atoms with van der Waals surface area (Å²) in [7, 11) is 1.66. The van der Waals surface area contributed by atoms with Gasteiger partial charge in [-0.05, 0) is 55.3 Å². The van der Waals surface area contributed by atoms with Crippen molar-refractivity contribution in [1.82, 2.24) is 4.90 Å². The highest BCUT2D eigenvalue weighted by Crippen LogP contribution is 2.34. The van der Waals surface area contributed by atoms with Gasteiger partial charge >= 0.3 is 0 Å². The maximum Gasteiger partial charge on any atom is 0.127 e. The van der Waals surface area contributed by atoms with Gasteiger partial charge in [0, 0.05) is 18.2 Å². The number of nitriles is 1. The lowest BCUT2D eigenvalue weighted by molar-refractivity contribution is 0.244. The lowest BCUT2D eigenvalue weighted by Crippen LogP contribution is -2.23. The number of methoxy groups -OCH3 is 1. The first kappa shape index (κ1) is 15.5.